The fourth-order valence-electron chi connectivity index (χ4n) is 1.67. The molecule has 106 valence electrons. The fraction of sp³-hybridized carbons (Fsp3) is 0.462. The molecule has 2 amide bonds. The summed E-state index contributed by atoms with van der Waals surface area (Å²) in [5.41, 5.74) is 0.549. The van der Waals surface area contributed by atoms with Gasteiger partial charge >= 0.3 is 6.03 Å². The van der Waals surface area contributed by atoms with E-state index in [1.807, 2.05) is 13.8 Å². The lowest BCUT2D eigenvalue weighted by Gasteiger charge is -2.18. The number of nitrogens with one attached hydrogen (secondary N) is 2. The molecule has 19 heavy (non-hydrogen) atoms. The fourth-order valence-corrected chi connectivity index (χ4v) is 1.97. The molecule has 0 heterocycles. The largest absolute Gasteiger partial charge is 0.394 e. The van der Waals surface area contributed by atoms with Gasteiger partial charge in [-0.1, -0.05) is 37.0 Å². The van der Waals surface area contributed by atoms with E-state index in [2.05, 4.69) is 10.6 Å². The summed E-state index contributed by atoms with van der Waals surface area (Å²) in [6.45, 7) is 3.97. The summed E-state index contributed by atoms with van der Waals surface area (Å²) in [4.78, 5) is 11.8. The summed E-state index contributed by atoms with van der Waals surface area (Å²) in [7, 11) is 0. The molecule has 1 rings (SSSR count). The lowest BCUT2D eigenvalue weighted by Crippen LogP contribution is -2.40. The van der Waals surface area contributed by atoms with Gasteiger partial charge in [0.15, 0.2) is 0 Å². The summed E-state index contributed by atoms with van der Waals surface area (Å²) < 4.78 is 0. The summed E-state index contributed by atoms with van der Waals surface area (Å²) in [6, 6.07) is 4.20. The highest BCUT2D eigenvalue weighted by Gasteiger charge is 2.13. The number of rotatable bonds is 5. The number of halogens is 2. The summed E-state index contributed by atoms with van der Waals surface area (Å²) in [5.74, 6) is 0.391. The van der Waals surface area contributed by atoms with Gasteiger partial charge in [-0.05, 0) is 30.5 Å². The van der Waals surface area contributed by atoms with Gasteiger partial charge in [0.05, 0.1) is 22.7 Å². The van der Waals surface area contributed by atoms with Crippen LogP contribution in [0, 0.1) is 5.92 Å². The molecule has 1 unspecified atom stereocenters. The molecule has 0 aliphatic heterocycles. The van der Waals surface area contributed by atoms with E-state index in [1.165, 1.54) is 0 Å². The van der Waals surface area contributed by atoms with Crippen LogP contribution in [0.5, 0.6) is 0 Å². The van der Waals surface area contributed by atoms with E-state index in [0.29, 0.717) is 28.1 Å². The highest BCUT2D eigenvalue weighted by molar-refractivity contribution is 6.42. The molecule has 0 aliphatic rings. The number of amides is 2. The van der Waals surface area contributed by atoms with Crippen molar-refractivity contribution in [3.05, 3.63) is 28.2 Å². The number of hydrogen-bond acceptors (Lipinski definition) is 2. The molecule has 1 atom stereocenters. The normalized spacial score (nSPS) is 12.3. The lowest BCUT2D eigenvalue weighted by atomic mass is 10.0. The molecule has 0 aromatic heterocycles. The number of urea groups is 1. The van der Waals surface area contributed by atoms with Gasteiger partial charge in [-0.2, -0.15) is 0 Å². The van der Waals surface area contributed by atoms with Crippen molar-refractivity contribution >= 4 is 34.9 Å². The van der Waals surface area contributed by atoms with E-state index in [4.69, 9.17) is 23.2 Å². The van der Waals surface area contributed by atoms with Crippen molar-refractivity contribution in [2.75, 3.05) is 11.9 Å². The van der Waals surface area contributed by atoms with Crippen molar-refractivity contribution in [1.82, 2.24) is 5.32 Å². The minimum Gasteiger partial charge on any atom is -0.394 e. The Hall–Kier alpha value is -0.970. The lowest BCUT2D eigenvalue weighted by molar-refractivity contribution is 0.214. The van der Waals surface area contributed by atoms with Gasteiger partial charge < -0.3 is 15.7 Å². The molecule has 1 aromatic carbocycles. The second-order valence-electron chi connectivity index (χ2n) is 4.74. The Balaban J connectivity index is 2.56. The number of anilines is 1. The van der Waals surface area contributed by atoms with E-state index < -0.39 is 0 Å². The molecule has 0 fully saturated rings. The minimum absolute atomic E-state index is 0.0903. The molecule has 0 bridgehead atoms. The summed E-state index contributed by atoms with van der Waals surface area (Å²) in [6.07, 6.45) is 0.714. The summed E-state index contributed by atoms with van der Waals surface area (Å²) >= 11 is 11.6. The van der Waals surface area contributed by atoms with Crippen molar-refractivity contribution in [2.24, 2.45) is 5.92 Å². The molecule has 0 spiro atoms. The highest BCUT2D eigenvalue weighted by atomic mass is 35.5. The van der Waals surface area contributed by atoms with Gasteiger partial charge in [0.25, 0.3) is 0 Å². The zero-order valence-corrected chi connectivity index (χ0v) is 12.4. The van der Waals surface area contributed by atoms with Crippen LogP contribution >= 0.6 is 23.2 Å². The van der Waals surface area contributed by atoms with Crippen LogP contribution in [0.25, 0.3) is 0 Å². The highest BCUT2D eigenvalue weighted by Crippen LogP contribution is 2.24. The molecule has 0 saturated heterocycles. The maximum atomic E-state index is 11.8. The van der Waals surface area contributed by atoms with Gasteiger partial charge in [0, 0.05) is 5.69 Å². The number of benzene rings is 1. The Morgan fingerprint density at radius 3 is 2.53 bits per heavy atom. The number of aliphatic hydroxyl groups excluding tert-OH is 1. The van der Waals surface area contributed by atoms with Gasteiger partial charge in [-0.25, -0.2) is 4.79 Å². The second kappa shape index (κ2) is 7.58. The van der Waals surface area contributed by atoms with Crippen molar-refractivity contribution in [1.29, 1.82) is 0 Å². The third-order valence-corrected chi connectivity index (χ3v) is 3.23. The van der Waals surface area contributed by atoms with Gasteiger partial charge in [-0.3, -0.25) is 0 Å². The molecule has 1 aromatic rings. The Kier molecular flexibility index (Phi) is 6.42. The zero-order chi connectivity index (χ0) is 14.4. The van der Waals surface area contributed by atoms with Crippen LogP contribution in [0.4, 0.5) is 10.5 Å². The third-order valence-electron chi connectivity index (χ3n) is 2.49. The third kappa shape index (κ3) is 5.68. The van der Waals surface area contributed by atoms with E-state index >= 15 is 0 Å². The van der Waals surface area contributed by atoms with Crippen LogP contribution in [0.2, 0.25) is 10.0 Å². The topological polar surface area (TPSA) is 61.4 Å². The first-order chi connectivity index (χ1) is 8.92. The smallest absolute Gasteiger partial charge is 0.319 e. The summed E-state index contributed by atoms with van der Waals surface area (Å²) in [5, 5.41) is 15.3. The van der Waals surface area contributed by atoms with Crippen LogP contribution in [-0.2, 0) is 0 Å². The van der Waals surface area contributed by atoms with Crippen molar-refractivity contribution in [3.63, 3.8) is 0 Å². The standard InChI is InChI=1S/C13H18Cl2N2O2/c1-8(2)5-10(7-18)17-13(19)16-9-3-4-11(14)12(15)6-9/h3-4,6,8,10,18H,5,7H2,1-2H3,(H2,16,17,19). The van der Waals surface area contributed by atoms with E-state index in [-0.39, 0.29) is 18.7 Å². The van der Waals surface area contributed by atoms with Crippen LogP contribution in [0.1, 0.15) is 20.3 Å². The molecular formula is C13H18Cl2N2O2. The predicted octanol–water partition coefficient (Wildman–Crippen LogP) is 3.52. The Morgan fingerprint density at radius 2 is 2.00 bits per heavy atom. The van der Waals surface area contributed by atoms with Crippen LogP contribution in [0.3, 0.4) is 0 Å². The van der Waals surface area contributed by atoms with Gasteiger partial charge in [-0.15, -0.1) is 0 Å². The maximum Gasteiger partial charge on any atom is 0.319 e. The molecule has 3 N–H and O–H groups in total. The maximum absolute atomic E-state index is 11.8. The Morgan fingerprint density at radius 1 is 1.32 bits per heavy atom. The first-order valence-electron chi connectivity index (χ1n) is 6.05. The second-order valence-corrected chi connectivity index (χ2v) is 5.55. The SMILES string of the molecule is CC(C)CC(CO)NC(=O)Nc1ccc(Cl)c(Cl)c1. The van der Waals surface area contributed by atoms with Crippen molar-refractivity contribution < 1.29 is 9.90 Å². The number of aliphatic hydroxyl groups is 1. The molecule has 0 aliphatic carbocycles. The Bertz CT molecular complexity index is 439. The van der Waals surface area contributed by atoms with E-state index in [1.54, 1.807) is 18.2 Å². The monoisotopic (exact) mass is 304 g/mol. The van der Waals surface area contributed by atoms with Crippen molar-refractivity contribution in [3.8, 4) is 0 Å². The minimum atomic E-state index is -0.377. The van der Waals surface area contributed by atoms with Gasteiger partial charge in [0.2, 0.25) is 0 Å². The molecule has 6 heteroatoms. The van der Waals surface area contributed by atoms with Crippen LogP contribution in [-0.4, -0.2) is 23.8 Å². The average molecular weight is 305 g/mol. The molecule has 0 radical (unpaired) electrons. The quantitative estimate of drug-likeness (QED) is 0.779. The first-order valence-corrected chi connectivity index (χ1v) is 6.81. The first kappa shape index (κ1) is 16.1. The Labute approximate surface area is 123 Å². The number of carbonyl (C=O) groups is 1. The average Bonchev–Trinajstić information content (AvgIpc) is 2.32. The molecular weight excluding hydrogens is 287 g/mol. The van der Waals surface area contributed by atoms with E-state index in [9.17, 15) is 9.90 Å². The van der Waals surface area contributed by atoms with Crippen LogP contribution in [0.15, 0.2) is 18.2 Å². The van der Waals surface area contributed by atoms with Crippen LogP contribution < -0.4 is 10.6 Å². The van der Waals surface area contributed by atoms with Gasteiger partial charge in [0.1, 0.15) is 0 Å². The molecule has 4 nitrogen and oxygen atoms in total. The number of carbonyl (C=O) groups excluding carboxylic acids is 1. The zero-order valence-electron chi connectivity index (χ0n) is 10.9. The van der Waals surface area contributed by atoms with E-state index in [0.717, 1.165) is 0 Å². The van der Waals surface area contributed by atoms with Crippen molar-refractivity contribution in [2.45, 2.75) is 26.3 Å². The predicted molar refractivity (Wildman–Crippen MR) is 78.9 cm³/mol. The number of hydrogen-bond donors (Lipinski definition) is 3. The molecule has 0 saturated carbocycles.